The lowest BCUT2D eigenvalue weighted by atomic mass is 9.34. The Bertz CT molecular complexity index is 6390. The number of unbranched alkanes of at least 4 members (excludes halogenated alkanes) is 1. The van der Waals surface area contributed by atoms with Gasteiger partial charge in [0.05, 0.1) is 22.8 Å². The van der Waals surface area contributed by atoms with E-state index in [-0.39, 0.29) is 35.1 Å². The van der Waals surface area contributed by atoms with Crippen LogP contribution in [0.2, 0.25) is 0 Å². The van der Waals surface area contributed by atoms with Crippen molar-refractivity contribution in [2.24, 2.45) is 23.7 Å². The van der Waals surface area contributed by atoms with Crippen molar-refractivity contribution < 1.29 is 0 Å². The maximum Gasteiger partial charge on any atom is 0.242 e. The predicted octanol–water partition coefficient (Wildman–Crippen LogP) is 27.6. The van der Waals surface area contributed by atoms with Crippen molar-refractivity contribution in [1.29, 1.82) is 0 Å². The van der Waals surface area contributed by atoms with Gasteiger partial charge in [0, 0.05) is 28.2 Å². The molecule has 4 atom stereocenters. The van der Waals surface area contributed by atoms with E-state index < -0.39 is 0 Å². The van der Waals surface area contributed by atoms with E-state index in [9.17, 15) is 0 Å². The molecule has 0 radical (unpaired) electrons. The molecule has 2 aromatic heterocycles. The first-order valence-corrected chi connectivity index (χ1v) is 48.4. The predicted molar refractivity (Wildman–Crippen MR) is 550 cm³/mol. The van der Waals surface area contributed by atoms with Crippen LogP contribution in [-0.4, -0.2) is 23.4 Å². The highest BCUT2D eigenvalue weighted by Gasteiger charge is 2.60. The second-order valence-corrected chi connectivity index (χ2v) is 41.3. The lowest BCUT2D eigenvalue weighted by Gasteiger charge is -2.63. The lowest BCUT2D eigenvalue weighted by Crippen LogP contribution is -2.55. The van der Waals surface area contributed by atoms with Gasteiger partial charge in [0.25, 0.3) is 0 Å². The summed E-state index contributed by atoms with van der Waals surface area (Å²) < 4.78 is 0. The Labute approximate surface area is 770 Å². The zero-order chi connectivity index (χ0) is 88.6. The van der Waals surface area contributed by atoms with Gasteiger partial charge in [-0.15, -0.1) is 0 Å². The standard InChI is InChI=1S/C63H61BN2.C61H64BN/c1-42-31-44(3)60(45(4)32-42)64(61-46(5)33-43(2)34-47(61)6)54-16-13-15-51(36-54)59-22-14-21-58(65-59)50-23-25-52(26-24-50)62-37-48-35-49(38-62)40-63(39-48,41-62)53-27-29-57(30-28-53)66(55-17-9-7-10-18-55)56-19-11-8-12-20-56;1-8-9-12-46-17-19-49(20-18-46)50-21-25-53(26-22-50)60-35-47-33-48(36-60)38-61(37-47,39-60)54-27-23-51(24-28-54)56-15-11-16-57(63-56)52-13-10-14-55(34-52)62(58-42(4)29-40(2)30-43(58)5)59-44(6)31-41(3)32-45(59)7/h7-34,36,48-49H,35,37-41H2,1-6H3;10-11,13-32,34,47-48H,8-9,12,33,35-39H2,1-7H3. The zero-order valence-corrected chi connectivity index (χ0v) is 78.4. The highest BCUT2D eigenvalue weighted by atomic mass is 15.1. The zero-order valence-electron chi connectivity index (χ0n) is 78.4. The van der Waals surface area contributed by atoms with E-state index >= 15 is 0 Å². The summed E-state index contributed by atoms with van der Waals surface area (Å²) in [6.07, 6.45) is 19.6. The normalized spacial score (nSPS) is 20.9. The van der Waals surface area contributed by atoms with Gasteiger partial charge in [-0.05, 0) is 329 Å². The first kappa shape index (κ1) is 85.2. The molecule has 15 aromatic rings. The van der Waals surface area contributed by atoms with Crippen LogP contribution in [0.1, 0.15) is 191 Å². The third-order valence-electron chi connectivity index (χ3n) is 31.7. The molecule has 0 aliphatic heterocycles. The van der Waals surface area contributed by atoms with Gasteiger partial charge in [0.1, 0.15) is 0 Å². The number of pyridine rings is 2. The number of hydrogen-bond acceptors (Lipinski definition) is 3. The van der Waals surface area contributed by atoms with Crippen LogP contribution in [0.25, 0.3) is 56.2 Å². The van der Waals surface area contributed by atoms with Gasteiger partial charge in [0.2, 0.25) is 13.4 Å². The average Bonchev–Trinajstić information content (AvgIpc) is 0.706. The fourth-order valence-electron chi connectivity index (χ4n) is 27.5. The number of para-hydroxylation sites is 2. The maximum atomic E-state index is 5.38. The summed E-state index contributed by atoms with van der Waals surface area (Å²) in [5.41, 5.74) is 47.9. The Morgan fingerprint density at radius 2 is 0.543 bits per heavy atom. The number of anilines is 3. The molecule has 2 heterocycles. The molecular weight excluding hydrogens is 1550 g/mol. The van der Waals surface area contributed by atoms with Crippen LogP contribution in [-0.2, 0) is 28.1 Å². The largest absolute Gasteiger partial charge is 0.311 e. The second-order valence-electron chi connectivity index (χ2n) is 41.3. The molecule has 4 unspecified atom stereocenters. The van der Waals surface area contributed by atoms with Crippen molar-refractivity contribution in [3.8, 4) is 56.2 Å². The number of rotatable bonds is 21. The van der Waals surface area contributed by atoms with E-state index in [0.29, 0.717) is 0 Å². The van der Waals surface area contributed by atoms with Crippen LogP contribution >= 0.6 is 0 Å². The third-order valence-corrected chi connectivity index (χ3v) is 31.7. The van der Waals surface area contributed by atoms with Gasteiger partial charge in [-0.1, -0.05) is 368 Å². The molecule has 642 valence electrons. The molecule has 0 N–H and O–H groups in total. The van der Waals surface area contributed by atoms with Gasteiger partial charge >= 0.3 is 0 Å². The summed E-state index contributed by atoms with van der Waals surface area (Å²) >= 11 is 0. The fourth-order valence-corrected chi connectivity index (χ4v) is 27.5. The van der Waals surface area contributed by atoms with Crippen LogP contribution in [0.3, 0.4) is 0 Å². The molecule has 8 aliphatic carbocycles. The minimum Gasteiger partial charge on any atom is -0.311 e. The molecule has 0 amide bonds. The monoisotopic (exact) mass is 1680 g/mol. The van der Waals surface area contributed by atoms with Gasteiger partial charge in [-0.3, -0.25) is 0 Å². The topological polar surface area (TPSA) is 29.0 Å². The van der Waals surface area contributed by atoms with Crippen LogP contribution in [0.15, 0.2) is 315 Å². The molecular formula is C124H125B2N3. The number of aryl methyl sites for hydroxylation is 13. The van der Waals surface area contributed by atoms with Gasteiger partial charge in [-0.2, -0.15) is 0 Å². The fraction of sp³-hybridized carbons (Fsp3) is 0.290. The smallest absolute Gasteiger partial charge is 0.242 e. The van der Waals surface area contributed by atoms with Crippen LogP contribution < -0.4 is 37.7 Å². The van der Waals surface area contributed by atoms with Crippen molar-refractivity contribution in [3.05, 3.63) is 410 Å². The van der Waals surface area contributed by atoms with E-state index in [2.05, 4.69) is 410 Å². The maximum absolute atomic E-state index is 5.38. The highest BCUT2D eigenvalue weighted by Crippen LogP contribution is 2.68. The van der Waals surface area contributed by atoms with E-state index in [1.165, 1.54) is 252 Å². The summed E-state index contributed by atoms with van der Waals surface area (Å²) in [5, 5.41) is 0. The molecule has 8 fully saturated rings. The Hall–Kier alpha value is -11.9. The molecule has 0 spiro atoms. The lowest BCUT2D eigenvalue weighted by molar-refractivity contribution is -0.0282. The first-order valence-electron chi connectivity index (χ1n) is 48.4. The molecule has 8 saturated carbocycles. The molecule has 5 heteroatoms. The van der Waals surface area contributed by atoms with E-state index in [1.807, 2.05) is 0 Å². The molecule has 23 rings (SSSR count). The SMILES string of the molecule is CCCCc1ccc(-c2ccc(C34CC5CC(C3)CC(c3ccc(-c6cccc(-c7cccc(B(c8c(C)cc(C)cc8C)c8c(C)cc(C)cc8C)c7)n6)cc3)(C5)C4)cc2)cc1.Cc1cc(C)c(B(c2cccc(-c3cccc(-c4ccc(C56CC7CC(C5)CC(c5ccc(N(c8ccccc8)c8ccccc8)cc5)(C7)C6)cc4)n3)c2)c2c(C)cc(C)cc2C)c(C)c1. The highest BCUT2D eigenvalue weighted by molar-refractivity contribution is 6.97. The second kappa shape index (κ2) is 34.8. The van der Waals surface area contributed by atoms with Crippen molar-refractivity contribution in [3.63, 3.8) is 0 Å². The summed E-state index contributed by atoms with van der Waals surface area (Å²) in [6, 6.07) is 120. The van der Waals surface area contributed by atoms with Crippen molar-refractivity contribution in [2.75, 3.05) is 4.90 Å². The number of nitrogens with zero attached hydrogens (tertiary/aromatic N) is 3. The van der Waals surface area contributed by atoms with E-state index in [1.54, 1.807) is 11.1 Å². The number of aromatic nitrogens is 2. The minimum absolute atomic E-state index is 0.120. The van der Waals surface area contributed by atoms with Crippen LogP contribution in [0.4, 0.5) is 17.1 Å². The Morgan fingerprint density at radius 3 is 0.853 bits per heavy atom. The Kier molecular flexibility index (Phi) is 23.0. The molecule has 13 aromatic carbocycles. The van der Waals surface area contributed by atoms with Gasteiger partial charge in [-0.25, -0.2) is 9.97 Å². The summed E-state index contributed by atoms with van der Waals surface area (Å²) in [5.74, 6) is 3.18. The van der Waals surface area contributed by atoms with Gasteiger partial charge in [0.15, 0.2) is 0 Å². The molecule has 8 bridgehead atoms. The Balaban J connectivity index is 0.000000162. The summed E-state index contributed by atoms with van der Waals surface area (Å²) in [7, 11) is 0. The molecule has 129 heavy (non-hydrogen) atoms. The summed E-state index contributed by atoms with van der Waals surface area (Å²) in [4.78, 5) is 13.1. The van der Waals surface area contributed by atoms with Crippen molar-refractivity contribution >= 4 is 63.3 Å². The summed E-state index contributed by atoms with van der Waals surface area (Å²) in [6.45, 7) is 29.6. The van der Waals surface area contributed by atoms with E-state index in [4.69, 9.17) is 9.97 Å². The van der Waals surface area contributed by atoms with Gasteiger partial charge < -0.3 is 4.90 Å². The third kappa shape index (κ3) is 16.6. The number of hydrogen-bond donors (Lipinski definition) is 0. The Morgan fingerprint density at radius 1 is 0.271 bits per heavy atom. The molecule has 8 aliphatic rings. The minimum atomic E-state index is 0.120. The van der Waals surface area contributed by atoms with Crippen molar-refractivity contribution in [2.45, 2.75) is 208 Å². The van der Waals surface area contributed by atoms with E-state index in [0.717, 1.165) is 57.6 Å². The quantitative estimate of drug-likeness (QED) is 0.0672. The first-order chi connectivity index (χ1) is 62.5. The molecule has 3 nitrogen and oxygen atoms in total. The number of benzene rings is 13. The van der Waals surface area contributed by atoms with Crippen LogP contribution in [0, 0.1) is 107 Å². The molecule has 0 saturated heterocycles. The van der Waals surface area contributed by atoms with Crippen molar-refractivity contribution in [1.82, 2.24) is 9.97 Å². The average molecular weight is 1680 g/mol. The van der Waals surface area contributed by atoms with Crippen LogP contribution in [0.5, 0.6) is 0 Å².